The lowest BCUT2D eigenvalue weighted by Crippen LogP contribution is -1.94. The number of aromatic amines is 1. The van der Waals surface area contributed by atoms with Gasteiger partial charge in [0, 0.05) is 11.1 Å². The minimum Gasteiger partial charge on any atom is -0.497 e. The predicted molar refractivity (Wildman–Crippen MR) is 109 cm³/mol. The third kappa shape index (κ3) is 3.27. The van der Waals surface area contributed by atoms with Crippen LogP contribution in [0.5, 0.6) is 5.75 Å². The second-order valence-corrected chi connectivity index (χ2v) is 6.73. The fourth-order valence-electron chi connectivity index (χ4n) is 3.40. The first kappa shape index (κ1) is 17.9. The molecule has 0 aliphatic rings. The van der Waals surface area contributed by atoms with Crippen molar-refractivity contribution in [2.75, 3.05) is 7.11 Å². The van der Waals surface area contributed by atoms with Crippen LogP contribution in [0.2, 0.25) is 0 Å². The van der Waals surface area contributed by atoms with Gasteiger partial charge in [-0.1, -0.05) is 25.5 Å². The minimum absolute atomic E-state index is 0.269. The quantitative estimate of drug-likeness (QED) is 0.450. The second kappa shape index (κ2) is 7.27. The summed E-state index contributed by atoms with van der Waals surface area (Å²) in [7, 11) is 1.67. The number of carboxylic acid groups (broad SMARTS) is 1. The normalized spacial score (nSPS) is 11.1. The largest absolute Gasteiger partial charge is 0.497 e. The highest BCUT2D eigenvalue weighted by Crippen LogP contribution is 2.34. The molecule has 0 fully saturated rings. The first-order valence-corrected chi connectivity index (χ1v) is 9.22. The summed E-state index contributed by atoms with van der Waals surface area (Å²) in [5.41, 5.74) is 4.98. The Labute approximate surface area is 162 Å². The number of nitrogens with one attached hydrogen (secondary N) is 1. The molecule has 2 aromatic carbocycles. The van der Waals surface area contributed by atoms with Gasteiger partial charge in [0.1, 0.15) is 11.3 Å². The van der Waals surface area contributed by atoms with Gasteiger partial charge < -0.3 is 19.2 Å². The third-order valence-electron chi connectivity index (χ3n) is 4.82. The number of fused-ring (bicyclic) bond motifs is 1. The molecule has 0 spiro atoms. The highest BCUT2D eigenvalue weighted by atomic mass is 16.5. The van der Waals surface area contributed by atoms with Crippen molar-refractivity contribution in [1.82, 2.24) is 4.98 Å². The molecule has 28 heavy (non-hydrogen) atoms. The molecular formula is C23H21NO4. The summed E-state index contributed by atoms with van der Waals surface area (Å²) in [4.78, 5) is 14.4. The van der Waals surface area contributed by atoms with E-state index in [-0.39, 0.29) is 5.56 Å². The number of aryl methyl sites for hydroxylation is 1. The van der Waals surface area contributed by atoms with Gasteiger partial charge in [-0.25, -0.2) is 4.79 Å². The van der Waals surface area contributed by atoms with Crippen molar-refractivity contribution >= 4 is 16.9 Å². The Morgan fingerprint density at radius 3 is 2.50 bits per heavy atom. The number of rotatable bonds is 6. The molecule has 0 saturated heterocycles. The van der Waals surface area contributed by atoms with E-state index in [1.807, 2.05) is 30.3 Å². The molecule has 2 N–H and O–H groups in total. The number of ether oxygens (including phenoxy) is 1. The molecule has 2 heterocycles. The third-order valence-corrected chi connectivity index (χ3v) is 4.82. The van der Waals surface area contributed by atoms with Crippen LogP contribution in [0.1, 0.15) is 29.3 Å². The van der Waals surface area contributed by atoms with Crippen LogP contribution in [0.4, 0.5) is 0 Å². The van der Waals surface area contributed by atoms with Crippen molar-refractivity contribution in [2.24, 2.45) is 0 Å². The van der Waals surface area contributed by atoms with Gasteiger partial charge in [-0.2, -0.15) is 0 Å². The van der Waals surface area contributed by atoms with Crippen LogP contribution in [0.15, 0.2) is 59.0 Å². The summed E-state index contributed by atoms with van der Waals surface area (Å²) in [6, 6.07) is 16.7. The Morgan fingerprint density at radius 2 is 1.82 bits per heavy atom. The van der Waals surface area contributed by atoms with Gasteiger partial charge in [0.15, 0.2) is 5.76 Å². The molecule has 4 rings (SSSR count). The number of methoxy groups -OCH3 is 1. The van der Waals surface area contributed by atoms with Gasteiger partial charge in [0.25, 0.3) is 0 Å². The van der Waals surface area contributed by atoms with E-state index in [9.17, 15) is 4.79 Å². The Balaban J connectivity index is 1.71. The maximum absolute atomic E-state index is 11.0. The van der Waals surface area contributed by atoms with E-state index >= 15 is 0 Å². The number of hydrogen-bond acceptors (Lipinski definition) is 3. The van der Waals surface area contributed by atoms with Crippen LogP contribution in [-0.4, -0.2) is 23.2 Å². The van der Waals surface area contributed by atoms with Crippen LogP contribution < -0.4 is 4.74 Å². The van der Waals surface area contributed by atoms with E-state index in [1.165, 1.54) is 0 Å². The molecule has 0 unspecified atom stereocenters. The zero-order valence-electron chi connectivity index (χ0n) is 15.8. The van der Waals surface area contributed by atoms with E-state index in [0.717, 1.165) is 57.8 Å². The smallest absolute Gasteiger partial charge is 0.335 e. The average Bonchev–Trinajstić information content (AvgIpc) is 3.35. The number of benzene rings is 2. The van der Waals surface area contributed by atoms with E-state index < -0.39 is 5.97 Å². The first-order chi connectivity index (χ1) is 13.6. The highest BCUT2D eigenvalue weighted by molar-refractivity contribution is 5.88. The van der Waals surface area contributed by atoms with E-state index in [1.54, 1.807) is 31.4 Å². The first-order valence-electron chi connectivity index (χ1n) is 9.22. The summed E-state index contributed by atoms with van der Waals surface area (Å²) in [5, 5.41) is 10.1. The Bertz CT molecular complexity index is 1140. The van der Waals surface area contributed by atoms with Crippen LogP contribution in [-0.2, 0) is 6.42 Å². The summed E-state index contributed by atoms with van der Waals surface area (Å²) in [5.74, 6) is 0.655. The molecule has 4 aromatic rings. The van der Waals surface area contributed by atoms with Crippen LogP contribution in [0.25, 0.3) is 33.7 Å². The van der Waals surface area contributed by atoms with Crippen LogP contribution in [0.3, 0.4) is 0 Å². The lowest BCUT2D eigenvalue weighted by atomic mass is 10.1. The molecule has 0 amide bonds. The number of carbonyl (C=O) groups is 1. The lowest BCUT2D eigenvalue weighted by Gasteiger charge is -2.04. The lowest BCUT2D eigenvalue weighted by molar-refractivity contribution is 0.0697. The van der Waals surface area contributed by atoms with Crippen molar-refractivity contribution in [3.63, 3.8) is 0 Å². The fourth-order valence-corrected chi connectivity index (χ4v) is 3.40. The second-order valence-electron chi connectivity index (χ2n) is 6.73. The summed E-state index contributed by atoms with van der Waals surface area (Å²) >= 11 is 0. The Morgan fingerprint density at radius 1 is 1.07 bits per heavy atom. The number of carboxylic acids is 1. The standard InChI is InChI=1S/C23H21NO4/c1-3-4-16-11-18(27-2)12-17-13-21(28-22(16)17)20-10-9-19(24-20)14-5-7-15(8-6-14)23(25)26/h5-13,24H,3-4H2,1-2H3,(H,25,26). The van der Waals surface area contributed by atoms with Gasteiger partial charge in [0.05, 0.1) is 18.4 Å². The molecule has 2 aromatic heterocycles. The molecule has 5 heteroatoms. The number of aromatic carboxylic acids is 1. The number of aromatic nitrogens is 1. The number of furan rings is 1. The zero-order valence-corrected chi connectivity index (χ0v) is 15.8. The van der Waals surface area contributed by atoms with Crippen molar-refractivity contribution in [1.29, 1.82) is 0 Å². The molecule has 0 saturated carbocycles. The molecule has 0 radical (unpaired) electrons. The van der Waals surface area contributed by atoms with Crippen LogP contribution in [0, 0.1) is 0 Å². The van der Waals surface area contributed by atoms with Crippen molar-refractivity contribution < 1.29 is 19.1 Å². The van der Waals surface area contributed by atoms with Gasteiger partial charge in [0.2, 0.25) is 0 Å². The minimum atomic E-state index is -0.931. The maximum Gasteiger partial charge on any atom is 0.335 e. The molecule has 0 atom stereocenters. The monoisotopic (exact) mass is 375 g/mol. The van der Waals surface area contributed by atoms with Crippen molar-refractivity contribution in [2.45, 2.75) is 19.8 Å². The van der Waals surface area contributed by atoms with Gasteiger partial charge in [-0.15, -0.1) is 0 Å². The Hall–Kier alpha value is -3.47. The summed E-state index contributed by atoms with van der Waals surface area (Å²) in [6.07, 6.45) is 1.95. The zero-order chi connectivity index (χ0) is 19.7. The number of hydrogen-bond donors (Lipinski definition) is 2. The molecule has 5 nitrogen and oxygen atoms in total. The fraction of sp³-hybridized carbons (Fsp3) is 0.174. The predicted octanol–water partition coefficient (Wildman–Crippen LogP) is 5.75. The van der Waals surface area contributed by atoms with Gasteiger partial charge >= 0.3 is 5.97 Å². The molecular weight excluding hydrogens is 354 g/mol. The summed E-state index contributed by atoms with van der Waals surface area (Å²) < 4.78 is 11.6. The molecule has 0 bridgehead atoms. The Kier molecular flexibility index (Phi) is 4.65. The van der Waals surface area contributed by atoms with Gasteiger partial charge in [-0.3, -0.25) is 0 Å². The van der Waals surface area contributed by atoms with Crippen molar-refractivity contribution in [3.8, 4) is 28.5 Å². The average molecular weight is 375 g/mol. The molecule has 142 valence electrons. The van der Waals surface area contributed by atoms with E-state index in [2.05, 4.69) is 11.9 Å². The highest BCUT2D eigenvalue weighted by Gasteiger charge is 2.14. The van der Waals surface area contributed by atoms with E-state index in [4.69, 9.17) is 14.3 Å². The SMILES string of the molecule is CCCc1cc(OC)cc2cc(-c3ccc(-c4ccc(C(=O)O)cc4)[nH]3)oc12. The molecule has 0 aliphatic heterocycles. The maximum atomic E-state index is 11.0. The van der Waals surface area contributed by atoms with Crippen molar-refractivity contribution in [3.05, 3.63) is 65.7 Å². The summed E-state index contributed by atoms with van der Waals surface area (Å²) in [6.45, 7) is 2.14. The van der Waals surface area contributed by atoms with Gasteiger partial charge in [-0.05, 0) is 60.0 Å². The number of H-pyrrole nitrogens is 1. The van der Waals surface area contributed by atoms with E-state index in [0.29, 0.717) is 0 Å². The molecule has 0 aliphatic carbocycles. The van der Waals surface area contributed by atoms with Crippen LogP contribution >= 0.6 is 0 Å². The topological polar surface area (TPSA) is 75.5 Å².